The smallest absolute Gasteiger partial charge is 0.243 e. The number of benzene rings is 1. The molecule has 1 fully saturated rings. The predicted octanol–water partition coefficient (Wildman–Crippen LogP) is 3.01. The summed E-state index contributed by atoms with van der Waals surface area (Å²) in [5, 5.41) is 0. The summed E-state index contributed by atoms with van der Waals surface area (Å²) in [6, 6.07) is 10.5. The minimum Gasteiger partial charge on any atom is -0.379 e. The number of halogens is 1. The van der Waals surface area contributed by atoms with Gasteiger partial charge in [-0.1, -0.05) is 23.7 Å². The van der Waals surface area contributed by atoms with E-state index in [2.05, 4.69) is 0 Å². The van der Waals surface area contributed by atoms with Gasteiger partial charge in [0, 0.05) is 31.4 Å². The Kier molecular flexibility index (Phi) is 7.11. The molecule has 0 atom stereocenters. The SMILES string of the molecule is CN(Cc1ccc(Cl)s1)C(=O)CCc1ccc(S(=O)(=O)N2CCOCC2)cc1. The number of thiophene rings is 1. The summed E-state index contributed by atoms with van der Waals surface area (Å²) in [4.78, 5) is 15.3. The van der Waals surface area contributed by atoms with Gasteiger partial charge in [0.15, 0.2) is 0 Å². The van der Waals surface area contributed by atoms with Gasteiger partial charge in [-0.05, 0) is 36.2 Å². The predicted molar refractivity (Wildman–Crippen MR) is 110 cm³/mol. The lowest BCUT2D eigenvalue weighted by molar-refractivity contribution is -0.130. The first-order valence-corrected chi connectivity index (χ1v) is 11.6. The first kappa shape index (κ1) is 21.3. The van der Waals surface area contributed by atoms with Gasteiger partial charge in [0.1, 0.15) is 0 Å². The lowest BCUT2D eigenvalue weighted by Crippen LogP contribution is -2.40. The molecule has 3 rings (SSSR count). The van der Waals surface area contributed by atoms with E-state index in [1.54, 1.807) is 36.2 Å². The van der Waals surface area contributed by atoms with Crippen LogP contribution in [0.4, 0.5) is 0 Å². The van der Waals surface area contributed by atoms with Crippen molar-refractivity contribution in [3.8, 4) is 0 Å². The molecule has 0 radical (unpaired) electrons. The van der Waals surface area contributed by atoms with E-state index in [9.17, 15) is 13.2 Å². The summed E-state index contributed by atoms with van der Waals surface area (Å²) >= 11 is 7.39. The summed E-state index contributed by atoms with van der Waals surface area (Å²) < 4.78 is 32.6. The molecule has 0 spiro atoms. The summed E-state index contributed by atoms with van der Waals surface area (Å²) in [6.07, 6.45) is 0.928. The molecule has 0 saturated carbocycles. The van der Waals surface area contributed by atoms with Gasteiger partial charge in [-0.25, -0.2) is 8.42 Å². The molecule has 9 heteroatoms. The average Bonchev–Trinajstić information content (AvgIpc) is 3.11. The van der Waals surface area contributed by atoms with Gasteiger partial charge in [-0.3, -0.25) is 4.79 Å². The quantitative estimate of drug-likeness (QED) is 0.661. The molecule has 1 aromatic carbocycles. The van der Waals surface area contributed by atoms with Crippen molar-refractivity contribution in [3.05, 3.63) is 51.2 Å². The highest BCUT2D eigenvalue weighted by molar-refractivity contribution is 7.89. The van der Waals surface area contributed by atoms with Crippen molar-refractivity contribution in [2.24, 2.45) is 0 Å². The second-order valence-electron chi connectivity index (χ2n) is 6.62. The molecule has 0 bridgehead atoms. The van der Waals surface area contributed by atoms with Gasteiger partial charge in [0.2, 0.25) is 15.9 Å². The van der Waals surface area contributed by atoms with Gasteiger partial charge < -0.3 is 9.64 Å². The largest absolute Gasteiger partial charge is 0.379 e. The highest BCUT2D eigenvalue weighted by Gasteiger charge is 2.26. The minimum atomic E-state index is -3.49. The zero-order valence-electron chi connectivity index (χ0n) is 15.6. The summed E-state index contributed by atoms with van der Waals surface area (Å²) in [7, 11) is -1.72. The Labute approximate surface area is 174 Å². The van der Waals surface area contributed by atoms with Crippen LogP contribution in [0.15, 0.2) is 41.3 Å². The molecule has 2 heterocycles. The van der Waals surface area contributed by atoms with Gasteiger partial charge >= 0.3 is 0 Å². The Morgan fingerprint density at radius 3 is 2.46 bits per heavy atom. The molecule has 28 heavy (non-hydrogen) atoms. The second-order valence-corrected chi connectivity index (χ2v) is 10.4. The maximum absolute atomic E-state index is 12.6. The van der Waals surface area contributed by atoms with Crippen LogP contribution >= 0.6 is 22.9 Å². The van der Waals surface area contributed by atoms with Gasteiger partial charge in [-0.15, -0.1) is 11.3 Å². The Balaban J connectivity index is 1.54. The number of rotatable bonds is 7. The molecule has 0 aliphatic carbocycles. The van der Waals surface area contributed by atoms with E-state index >= 15 is 0 Å². The maximum atomic E-state index is 12.6. The number of hydrogen-bond acceptors (Lipinski definition) is 5. The first-order chi connectivity index (χ1) is 13.4. The van der Waals surface area contributed by atoms with Crippen LogP contribution in [0.1, 0.15) is 16.9 Å². The van der Waals surface area contributed by atoms with Crippen molar-refractivity contribution in [2.45, 2.75) is 24.3 Å². The molecule has 1 saturated heterocycles. The van der Waals surface area contributed by atoms with Gasteiger partial charge in [0.05, 0.1) is 29.0 Å². The highest BCUT2D eigenvalue weighted by atomic mass is 35.5. The summed E-state index contributed by atoms with van der Waals surface area (Å²) in [5.41, 5.74) is 0.932. The Morgan fingerprint density at radius 2 is 1.86 bits per heavy atom. The Morgan fingerprint density at radius 1 is 1.18 bits per heavy atom. The van der Waals surface area contributed by atoms with E-state index < -0.39 is 10.0 Å². The lowest BCUT2D eigenvalue weighted by Gasteiger charge is -2.26. The van der Waals surface area contributed by atoms with Crippen molar-refractivity contribution >= 4 is 38.9 Å². The molecule has 6 nitrogen and oxygen atoms in total. The molecule has 0 unspecified atom stereocenters. The third-order valence-electron chi connectivity index (χ3n) is 4.61. The monoisotopic (exact) mass is 442 g/mol. The molecule has 1 aliphatic heterocycles. The summed E-state index contributed by atoms with van der Waals surface area (Å²) in [5.74, 6) is 0.0366. The minimum absolute atomic E-state index is 0.0366. The molecular weight excluding hydrogens is 420 g/mol. The van der Waals surface area contributed by atoms with Crippen LogP contribution < -0.4 is 0 Å². The van der Waals surface area contributed by atoms with Crippen molar-refractivity contribution in [3.63, 3.8) is 0 Å². The molecule has 152 valence electrons. The van der Waals surface area contributed by atoms with Crippen LogP contribution in [0.2, 0.25) is 4.34 Å². The molecular formula is C19H23ClN2O4S2. The molecule has 2 aromatic rings. The van der Waals surface area contributed by atoms with E-state index in [-0.39, 0.29) is 10.8 Å². The topological polar surface area (TPSA) is 66.9 Å². The zero-order chi connectivity index (χ0) is 20.1. The van der Waals surface area contributed by atoms with Crippen LogP contribution in [-0.4, -0.2) is 56.9 Å². The number of nitrogens with zero attached hydrogens (tertiary/aromatic N) is 2. The zero-order valence-corrected chi connectivity index (χ0v) is 18.0. The highest BCUT2D eigenvalue weighted by Crippen LogP contribution is 2.23. The third-order valence-corrected chi connectivity index (χ3v) is 7.74. The van der Waals surface area contributed by atoms with Gasteiger partial charge in [0.25, 0.3) is 0 Å². The average molecular weight is 443 g/mol. The number of ether oxygens (including phenoxy) is 1. The van der Waals surface area contributed by atoms with Crippen LogP contribution in [0.3, 0.4) is 0 Å². The van der Waals surface area contributed by atoms with Crippen LogP contribution in [0.5, 0.6) is 0 Å². The van der Waals surface area contributed by atoms with Crippen LogP contribution in [-0.2, 0) is 32.5 Å². The number of sulfonamides is 1. The number of morpholine rings is 1. The molecule has 1 aliphatic rings. The second kappa shape index (κ2) is 9.37. The van der Waals surface area contributed by atoms with E-state index in [1.807, 2.05) is 12.1 Å². The molecule has 0 N–H and O–H groups in total. The number of amides is 1. The van der Waals surface area contributed by atoms with Crippen molar-refractivity contribution in [2.75, 3.05) is 33.4 Å². The van der Waals surface area contributed by atoms with Crippen molar-refractivity contribution in [1.29, 1.82) is 0 Å². The third kappa shape index (κ3) is 5.33. The maximum Gasteiger partial charge on any atom is 0.243 e. The Bertz CT molecular complexity index is 906. The summed E-state index contributed by atoms with van der Waals surface area (Å²) in [6.45, 7) is 2.13. The van der Waals surface area contributed by atoms with E-state index in [4.69, 9.17) is 16.3 Å². The van der Waals surface area contributed by atoms with E-state index in [0.717, 1.165) is 10.4 Å². The standard InChI is InChI=1S/C19H23ClN2O4S2/c1-21(14-16-5-8-18(20)27-16)19(23)9-4-15-2-6-17(7-3-15)28(24,25)22-10-12-26-13-11-22/h2-3,5-8H,4,9-14H2,1H3. The fraction of sp³-hybridized carbons (Fsp3) is 0.421. The molecule has 1 amide bonds. The number of hydrogen-bond donors (Lipinski definition) is 0. The molecule has 1 aromatic heterocycles. The van der Waals surface area contributed by atoms with Gasteiger partial charge in [-0.2, -0.15) is 4.31 Å². The number of aryl methyl sites for hydroxylation is 1. The Hall–Kier alpha value is -1.45. The van der Waals surface area contributed by atoms with Crippen molar-refractivity contribution in [1.82, 2.24) is 9.21 Å². The first-order valence-electron chi connectivity index (χ1n) is 9.01. The number of carbonyl (C=O) groups is 1. The normalized spacial score (nSPS) is 15.5. The van der Waals surface area contributed by atoms with Crippen LogP contribution in [0, 0.1) is 0 Å². The van der Waals surface area contributed by atoms with Crippen molar-refractivity contribution < 1.29 is 17.9 Å². The van der Waals surface area contributed by atoms with Crippen LogP contribution in [0.25, 0.3) is 0 Å². The lowest BCUT2D eigenvalue weighted by atomic mass is 10.1. The fourth-order valence-electron chi connectivity index (χ4n) is 2.96. The fourth-order valence-corrected chi connectivity index (χ4v) is 5.51. The number of carbonyl (C=O) groups excluding carboxylic acids is 1. The van der Waals surface area contributed by atoms with E-state index in [0.29, 0.717) is 50.0 Å². The van der Waals surface area contributed by atoms with E-state index in [1.165, 1.54) is 15.6 Å².